The number of nitrogens with zero attached hydrogens (tertiary/aromatic N) is 1. The monoisotopic (exact) mass is 369 g/mol. The van der Waals surface area contributed by atoms with Crippen LogP contribution in [0.4, 0.5) is 5.69 Å². The van der Waals surface area contributed by atoms with Crippen LogP contribution in [-0.4, -0.2) is 42.4 Å². The minimum atomic E-state index is -0.171. The predicted molar refractivity (Wildman–Crippen MR) is 105 cm³/mol. The maximum absolute atomic E-state index is 12.4. The predicted octanol–water partition coefficient (Wildman–Crippen LogP) is 2.98. The van der Waals surface area contributed by atoms with E-state index >= 15 is 0 Å². The molecule has 1 aromatic heterocycles. The standard InChI is InChI=1S/C21H27N3O3/c1-3-16-6-4-5-7-18(16)23-20(25)14-24-12-10-17(11-13-24)22-21(26)19-9-8-15(2)27-19/h4-9,17H,3,10-14H2,1-2H3,(H,22,26)(H,23,25). The van der Waals surface area contributed by atoms with Crippen molar-refractivity contribution in [1.29, 1.82) is 0 Å². The lowest BCUT2D eigenvalue weighted by Crippen LogP contribution is -2.46. The number of furan rings is 1. The molecule has 1 aliphatic heterocycles. The Morgan fingerprint density at radius 2 is 1.89 bits per heavy atom. The van der Waals surface area contributed by atoms with E-state index in [0.717, 1.165) is 49.4 Å². The molecule has 1 aromatic carbocycles. The third kappa shape index (κ3) is 5.20. The largest absolute Gasteiger partial charge is 0.456 e. The van der Waals surface area contributed by atoms with Gasteiger partial charge in [0, 0.05) is 24.8 Å². The SMILES string of the molecule is CCc1ccccc1NC(=O)CN1CCC(NC(=O)c2ccc(C)o2)CC1. The van der Waals surface area contributed by atoms with E-state index in [0.29, 0.717) is 12.3 Å². The molecule has 2 heterocycles. The lowest BCUT2D eigenvalue weighted by Gasteiger charge is -2.31. The molecule has 3 rings (SSSR count). The minimum absolute atomic E-state index is 0.00412. The summed E-state index contributed by atoms with van der Waals surface area (Å²) in [5, 5.41) is 6.03. The fourth-order valence-corrected chi connectivity index (χ4v) is 3.39. The number of anilines is 1. The topological polar surface area (TPSA) is 74.6 Å². The van der Waals surface area contributed by atoms with Crippen LogP contribution in [0.1, 0.15) is 41.6 Å². The normalized spacial score (nSPS) is 15.5. The number of amides is 2. The Morgan fingerprint density at radius 3 is 2.56 bits per heavy atom. The number of likely N-dealkylation sites (tertiary alicyclic amines) is 1. The number of nitrogens with one attached hydrogen (secondary N) is 2. The van der Waals surface area contributed by atoms with E-state index in [9.17, 15) is 9.59 Å². The molecule has 27 heavy (non-hydrogen) atoms. The van der Waals surface area contributed by atoms with Gasteiger partial charge in [-0.1, -0.05) is 25.1 Å². The van der Waals surface area contributed by atoms with Crippen LogP contribution in [0.15, 0.2) is 40.8 Å². The van der Waals surface area contributed by atoms with Crippen molar-refractivity contribution < 1.29 is 14.0 Å². The Morgan fingerprint density at radius 1 is 1.15 bits per heavy atom. The quantitative estimate of drug-likeness (QED) is 0.821. The summed E-state index contributed by atoms with van der Waals surface area (Å²) in [7, 11) is 0. The van der Waals surface area contributed by atoms with Gasteiger partial charge in [0.05, 0.1) is 6.54 Å². The highest BCUT2D eigenvalue weighted by molar-refractivity contribution is 5.93. The molecule has 0 saturated carbocycles. The summed E-state index contributed by atoms with van der Waals surface area (Å²) >= 11 is 0. The van der Waals surface area contributed by atoms with Gasteiger partial charge in [0.1, 0.15) is 5.76 Å². The highest BCUT2D eigenvalue weighted by Gasteiger charge is 2.23. The molecule has 0 unspecified atom stereocenters. The summed E-state index contributed by atoms with van der Waals surface area (Å²) < 4.78 is 5.36. The molecule has 1 saturated heterocycles. The maximum atomic E-state index is 12.4. The summed E-state index contributed by atoms with van der Waals surface area (Å²) in [6.45, 7) is 5.83. The number of rotatable bonds is 6. The highest BCUT2D eigenvalue weighted by atomic mass is 16.3. The average molecular weight is 369 g/mol. The minimum Gasteiger partial charge on any atom is -0.456 e. The number of hydrogen-bond donors (Lipinski definition) is 2. The Balaban J connectivity index is 1.44. The van der Waals surface area contributed by atoms with Crippen LogP contribution in [0.2, 0.25) is 0 Å². The molecule has 2 N–H and O–H groups in total. The molecule has 0 atom stereocenters. The molecule has 0 aliphatic carbocycles. The zero-order chi connectivity index (χ0) is 19.2. The Bertz CT molecular complexity index is 791. The summed E-state index contributed by atoms with van der Waals surface area (Å²) in [5.41, 5.74) is 2.03. The van der Waals surface area contributed by atoms with Crippen LogP contribution in [-0.2, 0) is 11.2 Å². The van der Waals surface area contributed by atoms with E-state index < -0.39 is 0 Å². The van der Waals surface area contributed by atoms with Crippen LogP contribution < -0.4 is 10.6 Å². The molecule has 1 aliphatic rings. The summed E-state index contributed by atoms with van der Waals surface area (Å²) in [4.78, 5) is 26.7. The van der Waals surface area contributed by atoms with Crippen molar-refractivity contribution in [3.63, 3.8) is 0 Å². The molecular formula is C21H27N3O3. The van der Waals surface area contributed by atoms with Crippen LogP contribution in [0.5, 0.6) is 0 Å². The number of carbonyl (C=O) groups excluding carboxylic acids is 2. The van der Waals surface area contributed by atoms with Crippen LogP contribution in [0.3, 0.4) is 0 Å². The first-order valence-corrected chi connectivity index (χ1v) is 9.52. The van der Waals surface area contributed by atoms with Gasteiger partial charge in [-0.25, -0.2) is 0 Å². The first-order chi connectivity index (χ1) is 13.0. The zero-order valence-corrected chi connectivity index (χ0v) is 16.0. The fraction of sp³-hybridized carbons (Fsp3) is 0.429. The van der Waals surface area contributed by atoms with Gasteiger partial charge in [-0.3, -0.25) is 14.5 Å². The number of piperidine rings is 1. The second kappa shape index (κ2) is 8.86. The number of aryl methyl sites for hydroxylation is 2. The lowest BCUT2D eigenvalue weighted by molar-refractivity contribution is -0.117. The maximum Gasteiger partial charge on any atom is 0.287 e. The zero-order valence-electron chi connectivity index (χ0n) is 16.0. The first-order valence-electron chi connectivity index (χ1n) is 9.52. The highest BCUT2D eigenvalue weighted by Crippen LogP contribution is 2.16. The Labute approximate surface area is 159 Å². The van der Waals surface area contributed by atoms with Crippen molar-refractivity contribution in [3.05, 3.63) is 53.5 Å². The van der Waals surface area contributed by atoms with Gasteiger partial charge in [-0.15, -0.1) is 0 Å². The number of carbonyl (C=O) groups is 2. The summed E-state index contributed by atoms with van der Waals surface area (Å²) in [6, 6.07) is 11.5. The second-order valence-corrected chi connectivity index (χ2v) is 6.99. The molecular weight excluding hydrogens is 342 g/mol. The van der Waals surface area contributed by atoms with Gasteiger partial charge in [0.25, 0.3) is 5.91 Å². The summed E-state index contributed by atoms with van der Waals surface area (Å²) in [6.07, 6.45) is 2.53. The first kappa shape index (κ1) is 19.2. The average Bonchev–Trinajstić information content (AvgIpc) is 3.10. The van der Waals surface area contributed by atoms with Crippen molar-refractivity contribution >= 4 is 17.5 Å². The van der Waals surface area contributed by atoms with E-state index in [4.69, 9.17) is 4.42 Å². The van der Waals surface area contributed by atoms with E-state index in [1.807, 2.05) is 31.2 Å². The third-order valence-corrected chi connectivity index (χ3v) is 4.93. The Kier molecular flexibility index (Phi) is 6.29. The summed E-state index contributed by atoms with van der Waals surface area (Å²) in [5.74, 6) is 0.912. The van der Waals surface area contributed by atoms with E-state index in [2.05, 4.69) is 22.5 Å². The van der Waals surface area contributed by atoms with Crippen molar-refractivity contribution in [2.45, 2.75) is 39.2 Å². The van der Waals surface area contributed by atoms with Gasteiger partial charge in [-0.05, 0) is 49.9 Å². The molecule has 6 nitrogen and oxygen atoms in total. The number of hydrogen-bond acceptors (Lipinski definition) is 4. The van der Waals surface area contributed by atoms with Crippen LogP contribution >= 0.6 is 0 Å². The van der Waals surface area contributed by atoms with E-state index in [1.165, 1.54) is 0 Å². The number of benzene rings is 1. The molecule has 1 fully saturated rings. The van der Waals surface area contributed by atoms with Crippen molar-refractivity contribution in [3.8, 4) is 0 Å². The van der Waals surface area contributed by atoms with Crippen LogP contribution in [0.25, 0.3) is 0 Å². The van der Waals surface area contributed by atoms with Gasteiger partial charge < -0.3 is 15.1 Å². The van der Waals surface area contributed by atoms with E-state index in [-0.39, 0.29) is 17.9 Å². The molecule has 144 valence electrons. The smallest absolute Gasteiger partial charge is 0.287 e. The number of para-hydroxylation sites is 1. The molecule has 0 spiro atoms. The molecule has 2 amide bonds. The molecule has 6 heteroatoms. The van der Waals surface area contributed by atoms with Crippen molar-refractivity contribution in [2.75, 3.05) is 25.0 Å². The fourth-order valence-electron chi connectivity index (χ4n) is 3.39. The lowest BCUT2D eigenvalue weighted by atomic mass is 10.0. The third-order valence-electron chi connectivity index (χ3n) is 4.93. The van der Waals surface area contributed by atoms with Gasteiger partial charge in [0.2, 0.25) is 5.91 Å². The second-order valence-electron chi connectivity index (χ2n) is 6.99. The molecule has 0 radical (unpaired) electrons. The van der Waals surface area contributed by atoms with Crippen molar-refractivity contribution in [2.24, 2.45) is 0 Å². The van der Waals surface area contributed by atoms with Gasteiger partial charge in [0.15, 0.2) is 5.76 Å². The van der Waals surface area contributed by atoms with E-state index in [1.54, 1.807) is 12.1 Å². The van der Waals surface area contributed by atoms with Gasteiger partial charge >= 0.3 is 0 Å². The van der Waals surface area contributed by atoms with Gasteiger partial charge in [-0.2, -0.15) is 0 Å². The molecule has 2 aromatic rings. The van der Waals surface area contributed by atoms with Crippen molar-refractivity contribution in [1.82, 2.24) is 10.2 Å². The molecule has 0 bridgehead atoms. The Hall–Kier alpha value is -2.60. The van der Waals surface area contributed by atoms with Crippen LogP contribution in [0, 0.1) is 6.92 Å².